The van der Waals surface area contributed by atoms with Crippen molar-refractivity contribution in [1.82, 2.24) is 9.97 Å². The molecule has 2 atom stereocenters. The highest BCUT2D eigenvalue weighted by Crippen LogP contribution is 2.38. The van der Waals surface area contributed by atoms with Gasteiger partial charge in [-0.3, -0.25) is 0 Å². The number of anilines is 2. The summed E-state index contributed by atoms with van der Waals surface area (Å²) in [6.45, 7) is 3.39. The third-order valence-corrected chi connectivity index (χ3v) is 4.54. The molecule has 0 spiro atoms. The number of hydrogen-bond donors (Lipinski definition) is 2. The Morgan fingerprint density at radius 2 is 2.00 bits per heavy atom. The second-order valence-electron chi connectivity index (χ2n) is 6.21. The molecule has 1 heterocycles. The van der Waals surface area contributed by atoms with E-state index in [9.17, 15) is 0 Å². The minimum Gasteiger partial charge on any atom is -0.384 e. The molecule has 0 aromatic carbocycles. The fraction of sp³-hybridized carbons (Fsp3) is 0.733. The molecular formula is C15H24N4. The van der Waals surface area contributed by atoms with E-state index in [2.05, 4.69) is 22.2 Å². The Bertz CT molecular complexity index is 442. The smallest absolute Gasteiger partial charge is 0.136 e. The van der Waals surface area contributed by atoms with Crippen LogP contribution in [0.3, 0.4) is 0 Å². The van der Waals surface area contributed by atoms with E-state index < -0.39 is 0 Å². The molecule has 2 saturated carbocycles. The topological polar surface area (TPSA) is 63.8 Å². The summed E-state index contributed by atoms with van der Waals surface area (Å²) in [6.07, 6.45) is 7.89. The fourth-order valence-electron chi connectivity index (χ4n) is 3.03. The lowest BCUT2D eigenvalue weighted by Gasteiger charge is -2.29. The third-order valence-electron chi connectivity index (χ3n) is 4.54. The van der Waals surface area contributed by atoms with Gasteiger partial charge in [-0.05, 0) is 31.1 Å². The van der Waals surface area contributed by atoms with Crippen molar-refractivity contribution < 1.29 is 0 Å². The SMILES string of the molecule is CC1CCCCC1CNc1cc(N)nc(C2CC2)n1. The Hall–Kier alpha value is -1.32. The Labute approximate surface area is 115 Å². The summed E-state index contributed by atoms with van der Waals surface area (Å²) in [6, 6.07) is 1.86. The summed E-state index contributed by atoms with van der Waals surface area (Å²) < 4.78 is 0. The maximum absolute atomic E-state index is 5.87. The van der Waals surface area contributed by atoms with Crippen LogP contribution in [-0.2, 0) is 0 Å². The molecule has 4 nitrogen and oxygen atoms in total. The molecule has 104 valence electrons. The van der Waals surface area contributed by atoms with Crippen LogP contribution in [0.1, 0.15) is 57.2 Å². The number of hydrogen-bond acceptors (Lipinski definition) is 4. The number of aromatic nitrogens is 2. The molecule has 0 radical (unpaired) electrons. The minimum absolute atomic E-state index is 0.553. The quantitative estimate of drug-likeness (QED) is 0.872. The van der Waals surface area contributed by atoms with Crippen molar-refractivity contribution in [3.8, 4) is 0 Å². The van der Waals surface area contributed by atoms with Crippen molar-refractivity contribution in [2.24, 2.45) is 11.8 Å². The first-order valence-electron chi connectivity index (χ1n) is 7.60. The Kier molecular flexibility index (Phi) is 3.58. The summed E-state index contributed by atoms with van der Waals surface area (Å²) in [4.78, 5) is 8.94. The van der Waals surface area contributed by atoms with Gasteiger partial charge in [0, 0.05) is 18.5 Å². The highest BCUT2D eigenvalue weighted by Gasteiger charge is 2.27. The molecule has 2 fully saturated rings. The minimum atomic E-state index is 0.553. The van der Waals surface area contributed by atoms with Crippen LogP contribution in [0.2, 0.25) is 0 Å². The van der Waals surface area contributed by atoms with Gasteiger partial charge in [0.05, 0.1) is 0 Å². The fourth-order valence-corrected chi connectivity index (χ4v) is 3.03. The summed E-state index contributed by atoms with van der Waals surface area (Å²) in [7, 11) is 0. The van der Waals surface area contributed by atoms with Crippen molar-refractivity contribution in [2.45, 2.75) is 51.4 Å². The lowest BCUT2D eigenvalue weighted by atomic mass is 9.80. The molecule has 2 aliphatic rings. The van der Waals surface area contributed by atoms with Crippen LogP contribution < -0.4 is 11.1 Å². The summed E-state index contributed by atoms with van der Waals surface area (Å²) >= 11 is 0. The van der Waals surface area contributed by atoms with E-state index in [4.69, 9.17) is 5.73 Å². The lowest BCUT2D eigenvalue weighted by molar-refractivity contribution is 0.268. The Balaban J connectivity index is 1.62. The maximum atomic E-state index is 5.87. The zero-order valence-electron chi connectivity index (χ0n) is 11.7. The van der Waals surface area contributed by atoms with E-state index in [1.807, 2.05) is 6.07 Å². The highest BCUT2D eigenvalue weighted by molar-refractivity contribution is 5.45. The van der Waals surface area contributed by atoms with Crippen LogP contribution >= 0.6 is 0 Å². The van der Waals surface area contributed by atoms with Crippen LogP contribution in [0.15, 0.2) is 6.07 Å². The summed E-state index contributed by atoms with van der Waals surface area (Å²) in [5.41, 5.74) is 5.87. The van der Waals surface area contributed by atoms with Gasteiger partial charge in [0.15, 0.2) is 0 Å². The van der Waals surface area contributed by atoms with E-state index in [1.54, 1.807) is 0 Å². The number of nitrogens with one attached hydrogen (secondary N) is 1. The van der Waals surface area contributed by atoms with Gasteiger partial charge in [-0.15, -0.1) is 0 Å². The number of nitrogens with two attached hydrogens (primary N) is 1. The molecule has 19 heavy (non-hydrogen) atoms. The lowest BCUT2D eigenvalue weighted by Crippen LogP contribution is -2.24. The number of rotatable bonds is 4. The molecular weight excluding hydrogens is 236 g/mol. The van der Waals surface area contributed by atoms with Crippen molar-refractivity contribution in [1.29, 1.82) is 0 Å². The number of nitrogens with zero attached hydrogens (tertiary/aromatic N) is 2. The van der Waals surface area contributed by atoms with Crippen molar-refractivity contribution in [3.05, 3.63) is 11.9 Å². The molecule has 1 aromatic rings. The van der Waals surface area contributed by atoms with Gasteiger partial charge in [-0.25, -0.2) is 9.97 Å². The van der Waals surface area contributed by atoms with Crippen molar-refractivity contribution >= 4 is 11.6 Å². The van der Waals surface area contributed by atoms with E-state index in [1.165, 1.54) is 38.5 Å². The standard InChI is InChI=1S/C15H24N4/c1-10-4-2-3-5-12(10)9-17-14-8-13(16)18-15(19-14)11-6-7-11/h8,10-12H,2-7,9H2,1H3,(H3,16,17,18,19). The molecule has 2 aliphatic carbocycles. The molecule has 1 aromatic heterocycles. The third kappa shape index (κ3) is 3.17. The predicted molar refractivity (Wildman–Crippen MR) is 78.0 cm³/mol. The molecule has 0 bridgehead atoms. The average Bonchev–Trinajstić information content (AvgIpc) is 3.21. The van der Waals surface area contributed by atoms with Gasteiger partial charge in [0.25, 0.3) is 0 Å². The van der Waals surface area contributed by atoms with E-state index >= 15 is 0 Å². The maximum Gasteiger partial charge on any atom is 0.136 e. The van der Waals surface area contributed by atoms with Crippen LogP contribution in [0.4, 0.5) is 11.6 Å². The first-order valence-corrected chi connectivity index (χ1v) is 7.60. The van der Waals surface area contributed by atoms with Crippen molar-refractivity contribution in [3.63, 3.8) is 0 Å². The highest BCUT2D eigenvalue weighted by atomic mass is 15.1. The van der Waals surface area contributed by atoms with E-state index in [0.29, 0.717) is 11.7 Å². The van der Waals surface area contributed by atoms with Gasteiger partial charge < -0.3 is 11.1 Å². The first-order chi connectivity index (χ1) is 9.22. The molecule has 0 aliphatic heterocycles. The summed E-state index contributed by atoms with van der Waals surface area (Å²) in [5.74, 6) is 4.58. The largest absolute Gasteiger partial charge is 0.384 e. The van der Waals surface area contributed by atoms with Gasteiger partial charge in [-0.2, -0.15) is 0 Å². The zero-order chi connectivity index (χ0) is 13.2. The van der Waals surface area contributed by atoms with Gasteiger partial charge >= 0.3 is 0 Å². The van der Waals surface area contributed by atoms with E-state index in [0.717, 1.165) is 30.0 Å². The zero-order valence-corrected chi connectivity index (χ0v) is 11.7. The normalized spacial score (nSPS) is 27.2. The van der Waals surface area contributed by atoms with Crippen LogP contribution in [0, 0.1) is 11.8 Å². The molecule has 3 rings (SSSR count). The Morgan fingerprint density at radius 1 is 1.21 bits per heavy atom. The summed E-state index contributed by atoms with van der Waals surface area (Å²) in [5, 5.41) is 3.48. The molecule has 0 amide bonds. The van der Waals surface area contributed by atoms with Gasteiger partial charge in [0.2, 0.25) is 0 Å². The van der Waals surface area contributed by atoms with Crippen LogP contribution in [0.5, 0.6) is 0 Å². The second-order valence-corrected chi connectivity index (χ2v) is 6.21. The monoisotopic (exact) mass is 260 g/mol. The van der Waals surface area contributed by atoms with Gasteiger partial charge in [-0.1, -0.05) is 26.2 Å². The molecule has 0 saturated heterocycles. The van der Waals surface area contributed by atoms with Crippen LogP contribution in [-0.4, -0.2) is 16.5 Å². The predicted octanol–water partition coefficient (Wildman–Crippen LogP) is 3.17. The molecule has 4 heteroatoms. The van der Waals surface area contributed by atoms with E-state index in [-0.39, 0.29) is 0 Å². The van der Waals surface area contributed by atoms with Crippen molar-refractivity contribution in [2.75, 3.05) is 17.6 Å². The average molecular weight is 260 g/mol. The Morgan fingerprint density at radius 3 is 2.74 bits per heavy atom. The first kappa shape index (κ1) is 12.7. The number of nitrogen functional groups attached to an aromatic ring is 1. The van der Waals surface area contributed by atoms with Gasteiger partial charge in [0.1, 0.15) is 17.5 Å². The molecule has 3 N–H and O–H groups in total. The second kappa shape index (κ2) is 5.35. The molecule has 2 unspecified atom stereocenters. The van der Waals surface area contributed by atoms with Crippen LogP contribution in [0.25, 0.3) is 0 Å².